The quantitative estimate of drug-likeness (QED) is 0.876. The summed E-state index contributed by atoms with van der Waals surface area (Å²) in [5.41, 5.74) is 1.69. The molecule has 0 spiro atoms. The van der Waals surface area contributed by atoms with Crippen LogP contribution in [0.5, 0.6) is 0 Å². The highest BCUT2D eigenvalue weighted by Crippen LogP contribution is 2.16. The second-order valence-electron chi connectivity index (χ2n) is 4.79. The van der Waals surface area contributed by atoms with Crippen LogP contribution in [-0.4, -0.2) is 31.8 Å². The normalized spacial score (nSPS) is 15.3. The number of benzene rings is 1. The van der Waals surface area contributed by atoms with E-state index in [4.69, 9.17) is 0 Å². The lowest BCUT2D eigenvalue weighted by atomic mass is 10.1. The van der Waals surface area contributed by atoms with Gasteiger partial charge in [-0.3, -0.25) is 4.99 Å². The first-order valence-corrected chi connectivity index (χ1v) is 6.77. The Bertz CT molecular complexity index is 489. The average Bonchev–Trinajstić information content (AvgIpc) is 2.45. The molecule has 1 aliphatic heterocycles. The molecule has 4 nitrogen and oxygen atoms in total. The predicted octanol–water partition coefficient (Wildman–Crippen LogP) is 2.20. The van der Waals surface area contributed by atoms with Gasteiger partial charge >= 0.3 is 6.18 Å². The topological polar surface area (TPSA) is 45.6 Å². The maximum Gasteiger partial charge on any atom is 0.411 e. The number of halogens is 3. The van der Waals surface area contributed by atoms with Crippen molar-refractivity contribution in [1.29, 1.82) is 0 Å². The van der Waals surface area contributed by atoms with Gasteiger partial charge in [0.05, 0.1) is 6.61 Å². The molecule has 0 amide bonds. The fourth-order valence-corrected chi connectivity index (χ4v) is 1.95. The van der Waals surface area contributed by atoms with Crippen molar-refractivity contribution in [3.05, 3.63) is 35.4 Å². The molecule has 1 aliphatic rings. The van der Waals surface area contributed by atoms with Crippen LogP contribution in [0.3, 0.4) is 0 Å². The van der Waals surface area contributed by atoms with Gasteiger partial charge in [0.1, 0.15) is 6.61 Å². The van der Waals surface area contributed by atoms with Crippen molar-refractivity contribution in [3.63, 3.8) is 0 Å². The zero-order valence-electron chi connectivity index (χ0n) is 11.5. The van der Waals surface area contributed by atoms with Crippen LogP contribution in [0.1, 0.15) is 17.5 Å². The lowest BCUT2D eigenvalue weighted by molar-refractivity contribution is -0.176. The van der Waals surface area contributed by atoms with E-state index in [1.165, 1.54) is 0 Å². The van der Waals surface area contributed by atoms with Gasteiger partial charge in [-0.1, -0.05) is 24.3 Å². The fourth-order valence-electron chi connectivity index (χ4n) is 1.95. The van der Waals surface area contributed by atoms with Gasteiger partial charge in [-0.15, -0.1) is 0 Å². The summed E-state index contributed by atoms with van der Waals surface area (Å²) >= 11 is 0. The van der Waals surface area contributed by atoms with Gasteiger partial charge in [-0.25, -0.2) is 0 Å². The number of hydrogen-bond acceptors (Lipinski definition) is 4. The zero-order valence-corrected chi connectivity index (χ0v) is 11.5. The monoisotopic (exact) mass is 301 g/mol. The standard InChI is InChI=1S/C14H18F3N3O/c15-14(16,17)10-21-9-12-4-1-3-11(7-12)8-20-13-18-5-2-6-19-13/h1,3-4,7H,2,5-6,8-10H2,(H2,18,19,20). The molecular formula is C14H18F3N3O. The van der Waals surface area contributed by atoms with Crippen LogP contribution >= 0.6 is 0 Å². The molecule has 0 bridgehead atoms. The van der Waals surface area contributed by atoms with Crippen molar-refractivity contribution in [2.24, 2.45) is 4.99 Å². The Balaban J connectivity index is 1.81. The van der Waals surface area contributed by atoms with Crippen LogP contribution in [-0.2, 0) is 17.9 Å². The van der Waals surface area contributed by atoms with E-state index in [1.54, 1.807) is 12.1 Å². The van der Waals surface area contributed by atoms with E-state index in [-0.39, 0.29) is 6.61 Å². The largest absolute Gasteiger partial charge is 0.411 e. The Morgan fingerprint density at radius 3 is 2.81 bits per heavy atom. The Morgan fingerprint density at radius 1 is 1.29 bits per heavy atom. The number of alkyl halides is 3. The van der Waals surface area contributed by atoms with Crippen LogP contribution in [0.4, 0.5) is 13.2 Å². The summed E-state index contributed by atoms with van der Waals surface area (Å²) in [5.74, 6) is 0.764. The molecule has 1 aromatic rings. The second kappa shape index (κ2) is 7.31. The van der Waals surface area contributed by atoms with Crippen molar-refractivity contribution in [2.75, 3.05) is 19.7 Å². The first kappa shape index (κ1) is 15.6. The highest BCUT2D eigenvalue weighted by molar-refractivity contribution is 5.80. The van der Waals surface area contributed by atoms with Crippen molar-refractivity contribution in [3.8, 4) is 0 Å². The van der Waals surface area contributed by atoms with E-state index in [0.717, 1.165) is 36.6 Å². The van der Waals surface area contributed by atoms with Gasteiger partial charge in [-0.05, 0) is 17.5 Å². The molecule has 21 heavy (non-hydrogen) atoms. The Morgan fingerprint density at radius 2 is 2.10 bits per heavy atom. The Labute approximate surface area is 121 Å². The van der Waals surface area contributed by atoms with E-state index in [2.05, 4.69) is 20.4 Å². The van der Waals surface area contributed by atoms with Crippen LogP contribution in [0.2, 0.25) is 0 Å². The SMILES string of the molecule is FC(F)(F)COCc1cccc(CNC2=NCCCN2)c1. The molecule has 2 N–H and O–H groups in total. The molecular weight excluding hydrogens is 283 g/mol. The van der Waals surface area contributed by atoms with Crippen molar-refractivity contribution >= 4 is 5.96 Å². The van der Waals surface area contributed by atoms with E-state index in [0.29, 0.717) is 6.54 Å². The molecule has 0 saturated heterocycles. The number of rotatable bonds is 5. The van der Waals surface area contributed by atoms with Gasteiger partial charge < -0.3 is 15.4 Å². The lowest BCUT2D eigenvalue weighted by Crippen LogP contribution is -2.40. The van der Waals surface area contributed by atoms with Gasteiger partial charge in [0.25, 0.3) is 0 Å². The van der Waals surface area contributed by atoms with E-state index >= 15 is 0 Å². The molecule has 0 unspecified atom stereocenters. The lowest BCUT2D eigenvalue weighted by Gasteiger charge is -2.16. The summed E-state index contributed by atoms with van der Waals surface area (Å²) in [7, 11) is 0. The minimum Gasteiger partial charge on any atom is -0.367 e. The molecule has 0 radical (unpaired) electrons. The van der Waals surface area contributed by atoms with Crippen LogP contribution in [0.25, 0.3) is 0 Å². The maximum absolute atomic E-state index is 12.0. The summed E-state index contributed by atoms with van der Waals surface area (Å²) in [5, 5.41) is 6.31. The number of guanidine groups is 1. The van der Waals surface area contributed by atoms with E-state index < -0.39 is 12.8 Å². The second-order valence-corrected chi connectivity index (χ2v) is 4.79. The minimum absolute atomic E-state index is 0.0491. The molecule has 116 valence electrons. The third kappa shape index (κ3) is 6.03. The molecule has 0 fully saturated rings. The molecule has 0 aromatic heterocycles. The first-order chi connectivity index (χ1) is 10.0. The van der Waals surface area contributed by atoms with Gasteiger partial charge in [0.15, 0.2) is 5.96 Å². The number of nitrogens with zero attached hydrogens (tertiary/aromatic N) is 1. The molecule has 1 heterocycles. The van der Waals surface area contributed by atoms with E-state index in [1.807, 2.05) is 12.1 Å². The van der Waals surface area contributed by atoms with Crippen molar-refractivity contribution in [2.45, 2.75) is 25.7 Å². The highest BCUT2D eigenvalue weighted by Gasteiger charge is 2.27. The molecule has 2 rings (SSSR count). The van der Waals surface area contributed by atoms with Gasteiger partial charge in [0, 0.05) is 19.6 Å². The van der Waals surface area contributed by atoms with Crippen molar-refractivity contribution in [1.82, 2.24) is 10.6 Å². The number of ether oxygens (including phenoxy) is 1. The summed E-state index contributed by atoms with van der Waals surface area (Å²) in [6, 6.07) is 7.28. The van der Waals surface area contributed by atoms with Gasteiger partial charge in [-0.2, -0.15) is 13.2 Å². The van der Waals surface area contributed by atoms with Crippen LogP contribution in [0, 0.1) is 0 Å². The average molecular weight is 301 g/mol. The zero-order chi connectivity index (χ0) is 15.1. The number of hydrogen-bond donors (Lipinski definition) is 2. The minimum atomic E-state index is -4.29. The van der Waals surface area contributed by atoms with Crippen LogP contribution in [0.15, 0.2) is 29.3 Å². The Kier molecular flexibility index (Phi) is 5.44. The highest BCUT2D eigenvalue weighted by atomic mass is 19.4. The summed E-state index contributed by atoms with van der Waals surface area (Å²) < 4.78 is 40.7. The molecule has 1 aromatic carbocycles. The number of aliphatic imine (C=N–C) groups is 1. The van der Waals surface area contributed by atoms with E-state index in [9.17, 15) is 13.2 Å². The first-order valence-electron chi connectivity index (χ1n) is 6.77. The summed E-state index contributed by atoms with van der Waals surface area (Å²) in [4.78, 5) is 4.29. The van der Waals surface area contributed by atoms with Crippen molar-refractivity contribution < 1.29 is 17.9 Å². The third-order valence-electron chi connectivity index (χ3n) is 2.88. The molecule has 0 aliphatic carbocycles. The number of nitrogens with one attached hydrogen (secondary N) is 2. The predicted molar refractivity (Wildman–Crippen MR) is 73.9 cm³/mol. The van der Waals surface area contributed by atoms with Crippen LogP contribution < -0.4 is 10.6 Å². The van der Waals surface area contributed by atoms with Gasteiger partial charge in [0.2, 0.25) is 0 Å². The molecule has 0 saturated carbocycles. The maximum atomic E-state index is 12.0. The summed E-state index contributed by atoms with van der Waals surface area (Å²) in [6.45, 7) is 1.000. The summed E-state index contributed by atoms with van der Waals surface area (Å²) in [6.07, 6.45) is -3.26. The third-order valence-corrected chi connectivity index (χ3v) is 2.88. The molecule has 0 atom stereocenters. The fraction of sp³-hybridized carbons (Fsp3) is 0.500. The smallest absolute Gasteiger partial charge is 0.367 e. The Hall–Kier alpha value is -1.76. The molecule has 7 heteroatoms.